The van der Waals surface area contributed by atoms with Crippen LogP contribution in [0.1, 0.15) is 31.7 Å². The van der Waals surface area contributed by atoms with E-state index in [1.807, 2.05) is 13.0 Å². The van der Waals surface area contributed by atoms with E-state index in [0.29, 0.717) is 29.0 Å². The number of piperidine rings is 1. The topological polar surface area (TPSA) is 42.8 Å². The highest BCUT2D eigenvalue weighted by Gasteiger charge is 2.24. The number of carbonyl (C=O) groups is 1. The van der Waals surface area contributed by atoms with Crippen LogP contribution in [0.2, 0.25) is 5.02 Å². The Labute approximate surface area is 131 Å². The van der Waals surface area contributed by atoms with E-state index in [2.05, 4.69) is 12.2 Å². The van der Waals surface area contributed by atoms with Crippen molar-refractivity contribution in [3.63, 3.8) is 0 Å². The molecule has 0 aliphatic carbocycles. The summed E-state index contributed by atoms with van der Waals surface area (Å²) < 4.78 is 5.29. The van der Waals surface area contributed by atoms with Gasteiger partial charge in [-0.3, -0.25) is 4.79 Å². The number of carbonyl (C=O) groups excluding carboxylic acids is 1. The largest absolute Gasteiger partial charge is 0.495 e. The first-order valence-corrected chi connectivity index (χ1v) is 7.87. The standard InChI is InChI=1S/C16H23ClN2O2/c1-11-8-14(15(21-3)9-13(11)17)18-16(20)10-19-7-5-4-6-12(19)2/h8-9,12H,4-7,10H2,1-3H3,(H,18,20)/p+1/t12-/m1/s1. The van der Waals surface area contributed by atoms with Crippen molar-refractivity contribution in [3.05, 3.63) is 22.7 Å². The first kappa shape index (κ1) is 16.1. The van der Waals surface area contributed by atoms with Gasteiger partial charge >= 0.3 is 0 Å². The van der Waals surface area contributed by atoms with Crippen molar-refractivity contribution in [1.29, 1.82) is 0 Å². The number of anilines is 1. The van der Waals surface area contributed by atoms with E-state index >= 15 is 0 Å². The number of hydrogen-bond acceptors (Lipinski definition) is 2. The number of hydrogen-bond donors (Lipinski definition) is 2. The molecule has 2 N–H and O–H groups in total. The molecular weight excluding hydrogens is 288 g/mol. The molecule has 1 fully saturated rings. The van der Waals surface area contributed by atoms with Gasteiger partial charge in [0.2, 0.25) is 0 Å². The number of aryl methyl sites for hydroxylation is 1. The zero-order chi connectivity index (χ0) is 15.4. The summed E-state index contributed by atoms with van der Waals surface area (Å²) in [7, 11) is 1.58. The molecule has 1 aromatic rings. The minimum absolute atomic E-state index is 0.0266. The van der Waals surface area contributed by atoms with Crippen molar-refractivity contribution < 1.29 is 14.4 Å². The molecule has 1 heterocycles. The zero-order valence-corrected chi connectivity index (χ0v) is 13.7. The number of benzene rings is 1. The van der Waals surface area contributed by atoms with Crippen LogP contribution in [0, 0.1) is 6.92 Å². The number of nitrogens with one attached hydrogen (secondary N) is 2. The predicted octanol–water partition coefficient (Wildman–Crippen LogP) is 2.05. The Kier molecular flexibility index (Phi) is 5.48. The number of likely N-dealkylation sites (tertiary alicyclic amines) is 1. The van der Waals surface area contributed by atoms with Crippen LogP contribution < -0.4 is 15.0 Å². The van der Waals surface area contributed by atoms with Gasteiger partial charge in [0, 0.05) is 11.1 Å². The number of halogens is 1. The van der Waals surface area contributed by atoms with E-state index in [1.165, 1.54) is 24.2 Å². The Bertz CT molecular complexity index is 519. The first-order valence-electron chi connectivity index (χ1n) is 7.50. The van der Waals surface area contributed by atoms with Gasteiger partial charge < -0.3 is 15.0 Å². The van der Waals surface area contributed by atoms with Crippen LogP contribution in [0.15, 0.2) is 12.1 Å². The van der Waals surface area contributed by atoms with Gasteiger partial charge in [0.1, 0.15) is 5.75 Å². The molecule has 0 spiro atoms. The van der Waals surface area contributed by atoms with Crippen LogP contribution in [-0.2, 0) is 4.79 Å². The van der Waals surface area contributed by atoms with Crippen molar-refractivity contribution >= 4 is 23.2 Å². The maximum Gasteiger partial charge on any atom is 0.279 e. The van der Waals surface area contributed by atoms with E-state index < -0.39 is 0 Å². The van der Waals surface area contributed by atoms with E-state index in [1.54, 1.807) is 13.2 Å². The van der Waals surface area contributed by atoms with Gasteiger partial charge in [-0.25, -0.2) is 0 Å². The molecule has 1 amide bonds. The van der Waals surface area contributed by atoms with E-state index in [-0.39, 0.29) is 5.91 Å². The fourth-order valence-corrected chi connectivity index (χ4v) is 3.00. The van der Waals surface area contributed by atoms with E-state index in [9.17, 15) is 4.79 Å². The molecule has 0 radical (unpaired) electrons. The second kappa shape index (κ2) is 7.14. The van der Waals surface area contributed by atoms with Crippen LogP contribution in [0.3, 0.4) is 0 Å². The van der Waals surface area contributed by atoms with Gasteiger partial charge in [-0.2, -0.15) is 0 Å². The molecule has 1 aliphatic rings. The fourth-order valence-electron chi connectivity index (χ4n) is 2.85. The van der Waals surface area contributed by atoms with Crippen LogP contribution >= 0.6 is 11.6 Å². The molecule has 1 unspecified atom stereocenters. The molecule has 5 heteroatoms. The highest BCUT2D eigenvalue weighted by Crippen LogP contribution is 2.30. The molecule has 1 aromatic carbocycles. The second-order valence-corrected chi connectivity index (χ2v) is 6.24. The maximum absolute atomic E-state index is 12.3. The highest BCUT2D eigenvalue weighted by atomic mass is 35.5. The van der Waals surface area contributed by atoms with Gasteiger partial charge in [-0.15, -0.1) is 0 Å². The lowest BCUT2D eigenvalue weighted by molar-refractivity contribution is -0.920. The van der Waals surface area contributed by atoms with Crippen LogP contribution in [0.25, 0.3) is 0 Å². The molecule has 1 saturated heterocycles. The third-order valence-corrected chi connectivity index (χ3v) is 4.63. The molecular formula is C16H24ClN2O2+. The van der Waals surface area contributed by atoms with Gasteiger partial charge in [-0.1, -0.05) is 11.6 Å². The number of ether oxygens (including phenoxy) is 1. The van der Waals surface area contributed by atoms with Crippen molar-refractivity contribution in [3.8, 4) is 5.75 Å². The summed E-state index contributed by atoms with van der Waals surface area (Å²) in [4.78, 5) is 13.6. The zero-order valence-electron chi connectivity index (χ0n) is 13.0. The molecule has 0 aromatic heterocycles. The predicted molar refractivity (Wildman–Crippen MR) is 85.4 cm³/mol. The Morgan fingerprint density at radius 3 is 2.90 bits per heavy atom. The SMILES string of the molecule is COc1cc(Cl)c(C)cc1NC(=O)C[NH+]1CCCC[C@H]1C. The molecule has 116 valence electrons. The third kappa shape index (κ3) is 4.11. The average Bonchev–Trinajstić information content (AvgIpc) is 2.45. The van der Waals surface area contributed by atoms with Crippen molar-refractivity contribution in [2.24, 2.45) is 0 Å². The minimum atomic E-state index is 0.0266. The minimum Gasteiger partial charge on any atom is -0.495 e. The molecule has 2 atom stereocenters. The summed E-state index contributed by atoms with van der Waals surface area (Å²) in [6.07, 6.45) is 3.68. The summed E-state index contributed by atoms with van der Waals surface area (Å²) >= 11 is 6.08. The maximum atomic E-state index is 12.3. The lowest BCUT2D eigenvalue weighted by atomic mass is 10.0. The number of methoxy groups -OCH3 is 1. The molecule has 1 aliphatic heterocycles. The molecule has 0 saturated carbocycles. The van der Waals surface area contributed by atoms with Gasteiger partial charge in [0.05, 0.1) is 25.4 Å². The summed E-state index contributed by atoms with van der Waals surface area (Å²) in [5, 5.41) is 3.59. The number of quaternary nitrogens is 1. The summed E-state index contributed by atoms with van der Waals surface area (Å²) in [6, 6.07) is 4.15. The highest BCUT2D eigenvalue weighted by molar-refractivity contribution is 6.31. The van der Waals surface area contributed by atoms with Crippen LogP contribution in [0.4, 0.5) is 5.69 Å². The van der Waals surface area contributed by atoms with Gasteiger partial charge in [0.15, 0.2) is 6.54 Å². The van der Waals surface area contributed by atoms with Crippen molar-refractivity contribution in [1.82, 2.24) is 0 Å². The van der Waals surface area contributed by atoms with Crippen LogP contribution in [-0.4, -0.2) is 32.1 Å². The normalized spacial score (nSPS) is 21.9. The van der Waals surface area contributed by atoms with E-state index in [4.69, 9.17) is 16.3 Å². The van der Waals surface area contributed by atoms with Crippen LogP contribution in [0.5, 0.6) is 5.75 Å². The lowest BCUT2D eigenvalue weighted by Crippen LogP contribution is -3.17. The Balaban J connectivity index is 2.03. The molecule has 0 bridgehead atoms. The average molecular weight is 312 g/mol. The Morgan fingerprint density at radius 1 is 1.48 bits per heavy atom. The lowest BCUT2D eigenvalue weighted by Gasteiger charge is -2.29. The summed E-state index contributed by atoms with van der Waals surface area (Å²) in [5.74, 6) is 0.624. The molecule has 4 nitrogen and oxygen atoms in total. The quantitative estimate of drug-likeness (QED) is 0.894. The van der Waals surface area contributed by atoms with Gasteiger partial charge in [-0.05, 0) is 44.7 Å². The van der Waals surface area contributed by atoms with Gasteiger partial charge in [0.25, 0.3) is 5.91 Å². The molecule has 2 rings (SSSR count). The van der Waals surface area contributed by atoms with Crippen molar-refractivity contribution in [2.45, 2.75) is 39.2 Å². The summed E-state index contributed by atoms with van der Waals surface area (Å²) in [5.41, 5.74) is 1.61. The molecule has 21 heavy (non-hydrogen) atoms. The number of amides is 1. The Morgan fingerprint density at radius 2 is 2.24 bits per heavy atom. The first-order chi connectivity index (χ1) is 10.0. The van der Waals surface area contributed by atoms with Crippen molar-refractivity contribution in [2.75, 3.05) is 25.5 Å². The Hall–Kier alpha value is -1.26. The monoisotopic (exact) mass is 311 g/mol. The fraction of sp³-hybridized carbons (Fsp3) is 0.562. The third-order valence-electron chi connectivity index (χ3n) is 4.22. The number of rotatable bonds is 4. The summed E-state index contributed by atoms with van der Waals surface area (Å²) in [6.45, 7) is 5.71. The van der Waals surface area contributed by atoms with E-state index in [0.717, 1.165) is 12.1 Å². The smallest absolute Gasteiger partial charge is 0.279 e. The second-order valence-electron chi connectivity index (χ2n) is 5.83.